The third-order valence-electron chi connectivity index (χ3n) is 3.04. The van der Waals surface area contributed by atoms with Crippen molar-refractivity contribution < 1.29 is 14.3 Å². The molecule has 0 aliphatic rings. The van der Waals surface area contributed by atoms with Crippen molar-refractivity contribution in [2.24, 2.45) is 7.05 Å². The number of fused-ring (bicyclic) bond motifs is 1. The Labute approximate surface area is 129 Å². The average Bonchev–Trinajstić information content (AvgIpc) is 2.87. The summed E-state index contributed by atoms with van der Waals surface area (Å²) in [4.78, 5) is 41.5. The average molecular weight is 328 g/mol. The smallest absolute Gasteiger partial charge is 0.329 e. The van der Waals surface area contributed by atoms with E-state index in [4.69, 9.17) is 4.74 Å². The Morgan fingerprint density at radius 2 is 2.09 bits per heavy atom. The number of aromatic nitrogens is 4. The topological polar surface area (TPSA) is 108 Å². The molecule has 0 aliphatic carbocycles. The lowest BCUT2D eigenvalue weighted by Gasteiger charge is -2.07. The molecule has 22 heavy (non-hydrogen) atoms. The van der Waals surface area contributed by atoms with Gasteiger partial charge < -0.3 is 14.0 Å². The zero-order valence-corrected chi connectivity index (χ0v) is 13.2. The zero-order chi connectivity index (χ0) is 16.3. The number of H-pyrrole nitrogens is 1. The van der Waals surface area contributed by atoms with Gasteiger partial charge in [0.15, 0.2) is 16.3 Å². The molecule has 0 unspecified atom stereocenters. The van der Waals surface area contributed by atoms with Crippen LogP contribution < -0.4 is 11.2 Å². The van der Waals surface area contributed by atoms with Gasteiger partial charge in [0.25, 0.3) is 5.56 Å². The van der Waals surface area contributed by atoms with E-state index in [1.807, 2.05) is 0 Å². The molecule has 0 bridgehead atoms. The number of aryl methyl sites for hydroxylation is 1. The highest BCUT2D eigenvalue weighted by Gasteiger charge is 2.18. The first-order chi connectivity index (χ1) is 10.5. The maximum Gasteiger partial charge on any atom is 0.329 e. The van der Waals surface area contributed by atoms with E-state index in [9.17, 15) is 14.4 Å². The minimum Gasteiger partial charge on any atom is -0.468 e. The Morgan fingerprint density at radius 3 is 2.73 bits per heavy atom. The Hall–Kier alpha value is -2.07. The number of hydrogen-bond donors (Lipinski definition) is 1. The van der Waals surface area contributed by atoms with Gasteiger partial charge in [0.1, 0.15) is 0 Å². The van der Waals surface area contributed by atoms with Crippen LogP contribution in [0.25, 0.3) is 11.2 Å². The van der Waals surface area contributed by atoms with Gasteiger partial charge in [0, 0.05) is 20.7 Å². The Kier molecular flexibility index (Phi) is 5.03. The molecule has 0 saturated heterocycles. The van der Waals surface area contributed by atoms with Gasteiger partial charge in [-0.3, -0.25) is 19.1 Å². The summed E-state index contributed by atoms with van der Waals surface area (Å²) in [5, 5.41) is 0.448. The molecule has 0 amide bonds. The molecule has 0 saturated carbocycles. The van der Waals surface area contributed by atoms with E-state index in [1.165, 1.54) is 18.7 Å². The van der Waals surface area contributed by atoms with Crippen LogP contribution in [-0.4, -0.2) is 51.7 Å². The largest absolute Gasteiger partial charge is 0.468 e. The van der Waals surface area contributed by atoms with Crippen LogP contribution in [0, 0.1) is 0 Å². The molecule has 0 spiro atoms. The van der Waals surface area contributed by atoms with Gasteiger partial charge in [-0.2, -0.15) is 0 Å². The molecule has 0 aromatic carbocycles. The van der Waals surface area contributed by atoms with E-state index in [0.29, 0.717) is 18.3 Å². The van der Waals surface area contributed by atoms with Crippen molar-refractivity contribution in [3.05, 3.63) is 20.8 Å². The van der Waals surface area contributed by atoms with Gasteiger partial charge in [-0.1, -0.05) is 11.8 Å². The second-order valence-electron chi connectivity index (χ2n) is 4.39. The highest BCUT2D eigenvalue weighted by Crippen LogP contribution is 2.21. The van der Waals surface area contributed by atoms with Gasteiger partial charge in [-0.05, 0) is 0 Å². The first kappa shape index (κ1) is 16.3. The number of imidazole rings is 1. The highest BCUT2D eigenvalue weighted by atomic mass is 32.2. The molecular formula is C12H16N4O5S. The monoisotopic (exact) mass is 328 g/mol. The maximum atomic E-state index is 12.1. The fourth-order valence-corrected chi connectivity index (χ4v) is 2.75. The van der Waals surface area contributed by atoms with Gasteiger partial charge in [0.05, 0.1) is 19.5 Å². The van der Waals surface area contributed by atoms with E-state index < -0.39 is 17.2 Å². The van der Waals surface area contributed by atoms with Crippen molar-refractivity contribution >= 4 is 28.9 Å². The SMILES string of the molecule is COCCn1c(SCC(=O)OC)nc2c1c(=O)[nH]c(=O)n2C. The normalized spacial score (nSPS) is 11.0. The molecule has 2 rings (SSSR count). The predicted octanol–water partition coefficient (Wildman–Crippen LogP) is -0.665. The number of nitrogens with one attached hydrogen (secondary N) is 1. The van der Waals surface area contributed by atoms with Crippen LogP contribution in [0.3, 0.4) is 0 Å². The molecule has 10 heteroatoms. The molecule has 2 aromatic rings. The third kappa shape index (κ3) is 3.07. The van der Waals surface area contributed by atoms with E-state index in [1.54, 1.807) is 11.7 Å². The van der Waals surface area contributed by atoms with Crippen LogP contribution >= 0.6 is 11.8 Å². The van der Waals surface area contributed by atoms with Crippen molar-refractivity contribution in [2.45, 2.75) is 11.7 Å². The van der Waals surface area contributed by atoms with Gasteiger partial charge >= 0.3 is 11.7 Å². The number of carbonyl (C=O) groups excluding carboxylic acids is 1. The summed E-state index contributed by atoms with van der Waals surface area (Å²) in [5.74, 6) is -0.350. The second kappa shape index (κ2) is 6.79. The maximum absolute atomic E-state index is 12.1. The van der Waals surface area contributed by atoms with Gasteiger partial charge in [-0.25, -0.2) is 9.78 Å². The lowest BCUT2D eigenvalue weighted by Crippen LogP contribution is -2.29. The third-order valence-corrected chi connectivity index (χ3v) is 3.99. The second-order valence-corrected chi connectivity index (χ2v) is 5.34. The number of methoxy groups -OCH3 is 2. The molecule has 9 nitrogen and oxygen atoms in total. The number of aromatic amines is 1. The molecule has 120 valence electrons. The quantitative estimate of drug-likeness (QED) is 0.553. The molecule has 2 aromatic heterocycles. The minimum atomic E-state index is -0.543. The van der Waals surface area contributed by atoms with Crippen molar-refractivity contribution in [1.29, 1.82) is 0 Å². The van der Waals surface area contributed by atoms with Crippen molar-refractivity contribution in [2.75, 3.05) is 26.6 Å². The number of esters is 1. The van der Waals surface area contributed by atoms with Gasteiger partial charge in [-0.15, -0.1) is 0 Å². The number of ether oxygens (including phenoxy) is 2. The van der Waals surface area contributed by atoms with Crippen LogP contribution in [-0.2, 0) is 27.9 Å². The molecular weight excluding hydrogens is 312 g/mol. The summed E-state index contributed by atoms with van der Waals surface area (Å²) in [6, 6.07) is 0. The van der Waals surface area contributed by atoms with E-state index >= 15 is 0 Å². The molecule has 1 N–H and O–H groups in total. The summed E-state index contributed by atoms with van der Waals surface area (Å²) < 4.78 is 12.5. The summed E-state index contributed by atoms with van der Waals surface area (Å²) in [6.07, 6.45) is 0. The van der Waals surface area contributed by atoms with Crippen LogP contribution in [0.1, 0.15) is 0 Å². The fraction of sp³-hybridized carbons (Fsp3) is 0.500. The lowest BCUT2D eigenvalue weighted by atomic mass is 10.5. The Morgan fingerprint density at radius 1 is 1.36 bits per heavy atom. The number of hydrogen-bond acceptors (Lipinski definition) is 7. The number of thioether (sulfide) groups is 1. The summed E-state index contributed by atoms with van der Waals surface area (Å²) in [7, 11) is 4.36. The summed E-state index contributed by atoms with van der Waals surface area (Å²) in [5.41, 5.74) is -0.534. The van der Waals surface area contributed by atoms with Gasteiger partial charge in [0.2, 0.25) is 0 Å². The minimum absolute atomic E-state index is 0.0542. The molecule has 0 fully saturated rings. The lowest BCUT2D eigenvalue weighted by molar-refractivity contribution is -0.137. The van der Waals surface area contributed by atoms with Crippen molar-refractivity contribution in [3.8, 4) is 0 Å². The van der Waals surface area contributed by atoms with Crippen LogP contribution in [0.4, 0.5) is 0 Å². The fourth-order valence-electron chi connectivity index (χ4n) is 1.90. The zero-order valence-electron chi connectivity index (χ0n) is 12.4. The van der Waals surface area contributed by atoms with E-state index in [-0.39, 0.29) is 16.9 Å². The van der Waals surface area contributed by atoms with E-state index in [2.05, 4.69) is 14.7 Å². The molecule has 0 radical (unpaired) electrons. The standard InChI is InChI=1S/C12H16N4O5S/c1-15-9-8(10(18)14-11(15)19)16(4-5-20-2)12(13-9)22-6-7(17)21-3/h4-6H2,1-3H3,(H,14,18,19). The van der Waals surface area contributed by atoms with Crippen LogP contribution in [0.5, 0.6) is 0 Å². The number of rotatable bonds is 6. The molecule has 0 atom stereocenters. The molecule has 0 aliphatic heterocycles. The van der Waals surface area contributed by atoms with E-state index in [0.717, 1.165) is 11.8 Å². The van der Waals surface area contributed by atoms with Crippen molar-refractivity contribution in [1.82, 2.24) is 19.1 Å². The Balaban J connectivity index is 2.56. The number of carbonyl (C=O) groups is 1. The highest BCUT2D eigenvalue weighted by molar-refractivity contribution is 7.99. The summed E-state index contributed by atoms with van der Waals surface area (Å²) in [6.45, 7) is 0.733. The summed E-state index contributed by atoms with van der Waals surface area (Å²) >= 11 is 1.13. The molecule has 2 heterocycles. The predicted molar refractivity (Wildman–Crippen MR) is 80.2 cm³/mol. The first-order valence-electron chi connectivity index (χ1n) is 6.37. The first-order valence-corrected chi connectivity index (χ1v) is 7.36. The Bertz CT molecular complexity index is 806. The van der Waals surface area contributed by atoms with Crippen molar-refractivity contribution in [3.63, 3.8) is 0 Å². The van der Waals surface area contributed by atoms with Crippen LogP contribution in [0.2, 0.25) is 0 Å². The van der Waals surface area contributed by atoms with Crippen LogP contribution in [0.15, 0.2) is 14.7 Å². The number of nitrogens with zero attached hydrogens (tertiary/aromatic N) is 3.